The Hall–Kier alpha value is -1.82. The summed E-state index contributed by atoms with van der Waals surface area (Å²) >= 11 is 0. The third kappa shape index (κ3) is 5.34. The topological polar surface area (TPSA) is 46.0 Å². The van der Waals surface area contributed by atoms with Gasteiger partial charge < -0.3 is 14.8 Å². The molecule has 0 atom stereocenters. The first-order chi connectivity index (χ1) is 12.4. The molecule has 1 aliphatic heterocycles. The van der Waals surface area contributed by atoms with Crippen molar-refractivity contribution in [1.29, 1.82) is 0 Å². The van der Waals surface area contributed by atoms with Crippen molar-refractivity contribution >= 4 is 41.8 Å². The molecule has 0 radical (unpaired) electrons. The summed E-state index contributed by atoms with van der Waals surface area (Å²) in [5, 5.41) is 3.48. The van der Waals surface area contributed by atoms with Gasteiger partial charge in [-0.15, -0.1) is 24.8 Å². The van der Waals surface area contributed by atoms with Crippen LogP contribution >= 0.6 is 24.8 Å². The van der Waals surface area contributed by atoms with Crippen molar-refractivity contribution in [1.82, 2.24) is 19.4 Å². The van der Waals surface area contributed by atoms with Gasteiger partial charge >= 0.3 is 0 Å². The van der Waals surface area contributed by atoms with Crippen LogP contribution in [0.5, 0.6) is 0 Å². The molecule has 4 rings (SSSR count). The van der Waals surface area contributed by atoms with Gasteiger partial charge in [-0.2, -0.15) is 0 Å². The predicted octanol–water partition coefficient (Wildman–Crippen LogP) is 4.37. The van der Waals surface area contributed by atoms with Crippen LogP contribution in [0.15, 0.2) is 48.7 Å². The van der Waals surface area contributed by atoms with Crippen molar-refractivity contribution in [2.24, 2.45) is 0 Å². The predicted molar refractivity (Wildman–Crippen MR) is 116 cm³/mol. The molecule has 0 saturated carbocycles. The summed E-state index contributed by atoms with van der Waals surface area (Å²) in [4.78, 5) is 11.8. The Morgan fingerprint density at radius 3 is 2.44 bits per heavy atom. The summed E-state index contributed by atoms with van der Waals surface area (Å²) in [6.45, 7) is 5.18. The highest BCUT2D eigenvalue weighted by Crippen LogP contribution is 2.20. The number of aromatic nitrogens is 3. The van der Waals surface area contributed by atoms with Crippen LogP contribution in [-0.2, 0) is 13.1 Å². The fourth-order valence-electron chi connectivity index (χ4n) is 3.53. The molecule has 0 aliphatic carbocycles. The second kappa shape index (κ2) is 10.5. The molecule has 0 bridgehead atoms. The first-order valence-corrected chi connectivity index (χ1v) is 9.21. The first-order valence-electron chi connectivity index (χ1n) is 9.21. The molecule has 1 aromatic carbocycles. The highest BCUT2D eigenvalue weighted by atomic mass is 35.5. The number of piperidine rings is 1. The molecule has 3 heterocycles. The maximum atomic E-state index is 4.80. The van der Waals surface area contributed by atoms with Gasteiger partial charge in [0.2, 0.25) is 5.95 Å². The standard InChI is InChI=1S/C20H25N5.2ClH/c1-6-12-24(13-7-1)14-15-25-19-10-3-2-9-18(19)23-20(25)22-16-17-8-4-5-11-21-17;;/h2-5,8-11H,1,6-7,12-16H2,(H,22,23);2*1H. The van der Waals surface area contributed by atoms with Crippen molar-refractivity contribution in [2.45, 2.75) is 32.4 Å². The maximum Gasteiger partial charge on any atom is 0.204 e. The number of hydrogen-bond acceptors (Lipinski definition) is 4. The Balaban J connectivity index is 0.00000131. The van der Waals surface area contributed by atoms with Gasteiger partial charge in [-0.1, -0.05) is 24.6 Å². The number of benzene rings is 1. The lowest BCUT2D eigenvalue weighted by molar-refractivity contribution is 0.222. The van der Waals surface area contributed by atoms with Crippen LogP contribution in [0.25, 0.3) is 11.0 Å². The Kier molecular flexibility index (Phi) is 8.35. The van der Waals surface area contributed by atoms with E-state index < -0.39 is 0 Å². The number of rotatable bonds is 6. The van der Waals surface area contributed by atoms with E-state index in [0.29, 0.717) is 6.54 Å². The number of imidazole rings is 1. The molecule has 0 amide bonds. The van der Waals surface area contributed by atoms with Crippen LogP contribution in [0.3, 0.4) is 0 Å². The lowest BCUT2D eigenvalue weighted by Crippen LogP contribution is -2.32. The van der Waals surface area contributed by atoms with E-state index in [2.05, 4.69) is 38.0 Å². The molecular formula is C20H27Cl2N5. The fourth-order valence-corrected chi connectivity index (χ4v) is 3.53. The Labute approximate surface area is 173 Å². The molecule has 2 aromatic heterocycles. The lowest BCUT2D eigenvalue weighted by atomic mass is 10.1. The molecule has 1 N–H and O–H groups in total. The highest BCUT2D eigenvalue weighted by molar-refractivity contribution is 5.85. The van der Waals surface area contributed by atoms with Gasteiger partial charge in [0, 0.05) is 19.3 Å². The van der Waals surface area contributed by atoms with Gasteiger partial charge in [0.05, 0.1) is 23.3 Å². The number of halogens is 2. The molecule has 5 nitrogen and oxygen atoms in total. The minimum Gasteiger partial charge on any atom is -0.350 e. The van der Waals surface area contributed by atoms with Crippen molar-refractivity contribution in [2.75, 3.05) is 25.0 Å². The fraction of sp³-hybridized carbons (Fsp3) is 0.400. The monoisotopic (exact) mass is 407 g/mol. The summed E-state index contributed by atoms with van der Waals surface area (Å²) in [5.74, 6) is 0.934. The summed E-state index contributed by atoms with van der Waals surface area (Å²) in [6.07, 6.45) is 5.86. The van der Waals surface area contributed by atoms with E-state index in [0.717, 1.165) is 30.2 Å². The van der Waals surface area contributed by atoms with Crippen molar-refractivity contribution < 1.29 is 0 Å². The van der Waals surface area contributed by atoms with E-state index in [4.69, 9.17) is 4.98 Å². The van der Waals surface area contributed by atoms with Crippen LogP contribution in [0, 0.1) is 0 Å². The zero-order chi connectivity index (χ0) is 16.9. The Morgan fingerprint density at radius 1 is 0.889 bits per heavy atom. The molecule has 146 valence electrons. The molecule has 1 saturated heterocycles. The van der Waals surface area contributed by atoms with Crippen LogP contribution in [0.4, 0.5) is 5.95 Å². The van der Waals surface area contributed by atoms with Gasteiger partial charge in [-0.05, 0) is 50.2 Å². The number of pyridine rings is 1. The van der Waals surface area contributed by atoms with Gasteiger partial charge in [0.25, 0.3) is 0 Å². The van der Waals surface area contributed by atoms with Crippen LogP contribution < -0.4 is 5.32 Å². The normalized spacial score (nSPS) is 14.4. The number of nitrogens with zero attached hydrogens (tertiary/aromatic N) is 4. The van der Waals surface area contributed by atoms with Crippen LogP contribution in [0.1, 0.15) is 25.0 Å². The number of fused-ring (bicyclic) bond motifs is 1. The number of likely N-dealkylation sites (tertiary alicyclic amines) is 1. The third-order valence-corrected chi connectivity index (χ3v) is 4.90. The molecule has 1 aliphatic rings. The van der Waals surface area contributed by atoms with E-state index in [1.807, 2.05) is 30.5 Å². The van der Waals surface area contributed by atoms with Gasteiger partial charge in [-0.25, -0.2) is 4.98 Å². The second-order valence-corrected chi connectivity index (χ2v) is 6.65. The van der Waals surface area contributed by atoms with E-state index in [-0.39, 0.29) is 24.8 Å². The van der Waals surface area contributed by atoms with E-state index in [1.54, 1.807) is 0 Å². The smallest absolute Gasteiger partial charge is 0.204 e. The quantitative estimate of drug-likeness (QED) is 0.658. The maximum absolute atomic E-state index is 4.80. The van der Waals surface area contributed by atoms with Gasteiger partial charge in [-0.3, -0.25) is 4.98 Å². The van der Waals surface area contributed by atoms with Crippen molar-refractivity contribution in [3.05, 3.63) is 54.4 Å². The SMILES string of the molecule is Cl.Cl.c1ccc(CNc2nc3ccccc3n2CCN2CCCCC2)nc1. The summed E-state index contributed by atoms with van der Waals surface area (Å²) in [6, 6.07) is 14.4. The largest absolute Gasteiger partial charge is 0.350 e. The van der Waals surface area contributed by atoms with E-state index >= 15 is 0 Å². The Bertz CT molecular complexity index is 816. The Morgan fingerprint density at radius 2 is 1.67 bits per heavy atom. The second-order valence-electron chi connectivity index (χ2n) is 6.65. The number of nitrogens with one attached hydrogen (secondary N) is 1. The van der Waals surface area contributed by atoms with Crippen LogP contribution in [-0.4, -0.2) is 39.1 Å². The van der Waals surface area contributed by atoms with Crippen LogP contribution in [0.2, 0.25) is 0 Å². The molecule has 1 fully saturated rings. The average Bonchev–Trinajstić information content (AvgIpc) is 3.04. The molecule has 0 spiro atoms. The van der Waals surface area contributed by atoms with E-state index in [1.165, 1.54) is 37.9 Å². The molecular weight excluding hydrogens is 381 g/mol. The number of anilines is 1. The first kappa shape index (κ1) is 21.5. The lowest BCUT2D eigenvalue weighted by Gasteiger charge is -2.26. The molecule has 3 aromatic rings. The van der Waals surface area contributed by atoms with Gasteiger partial charge in [0.15, 0.2) is 0 Å². The van der Waals surface area contributed by atoms with Crippen molar-refractivity contribution in [3.8, 4) is 0 Å². The third-order valence-electron chi connectivity index (χ3n) is 4.90. The zero-order valence-corrected chi connectivity index (χ0v) is 17.0. The average molecular weight is 408 g/mol. The summed E-state index contributed by atoms with van der Waals surface area (Å²) < 4.78 is 2.31. The molecule has 0 unspecified atom stereocenters. The minimum absolute atomic E-state index is 0. The van der Waals surface area contributed by atoms with Crippen molar-refractivity contribution in [3.63, 3.8) is 0 Å². The zero-order valence-electron chi connectivity index (χ0n) is 15.4. The number of hydrogen-bond donors (Lipinski definition) is 1. The molecule has 27 heavy (non-hydrogen) atoms. The number of para-hydroxylation sites is 2. The summed E-state index contributed by atoms with van der Waals surface area (Å²) in [5.41, 5.74) is 3.27. The van der Waals surface area contributed by atoms with Gasteiger partial charge in [0.1, 0.15) is 0 Å². The summed E-state index contributed by atoms with van der Waals surface area (Å²) in [7, 11) is 0. The van der Waals surface area contributed by atoms with E-state index in [9.17, 15) is 0 Å². The highest BCUT2D eigenvalue weighted by Gasteiger charge is 2.14. The molecule has 7 heteroatoms. The minimum atomic E-state index is 0.